The number of pyridine rings is 1. The first-order chi connectivity index (χ1) is 10.2. The molecule has 1 saturated heterocycles. The van der Waals surface area contributed by atoms with Crippen LogP contribution in [0, 0.1) is 0 Å². The second kappa shape index (κ2) is 6.86. The van der Waals surface area contributed by atoms with Gasteiger partial charge in [0.2, 0.25) is 0 Å². The Morgan fingerprint density at radius 2 is 1.57 bits per heavy atom. The molecule has 0 radical (unpaired) electrons. The van der Waals surface area contributed by atoms with Crippen LogP contribution in [0.25, 0.3) is 0 Å². The zero-order valence-corrected chi connectivity index (χ0v) is 12.9. The molecule has 2 aliphatic rings. The number of piperazine rings is 1. The summed E-state index contributed by atoms with van der Waals surface area (Å²) in [5.41, 5.74) is 0.926. The lowest BCUT2D eigenvalue weighted by molar-refractivity contribution is -0.0359. The van der Waals surface area contributed by atoms with Gasteiger partial charge >= 0.3 is 0 Å². The van der Waals surface area contributed by atoms with Gasteiger partial charge in [-0.25, -0.2) is 0 Å². The molecule has 2 fully saturated rings. The van der Waals surface area contributed by atoms with Crippen molar-refractivity contribution in [3.8, 4) is 0 Å². The summed E-state index contributed by atoms with van der Waals surface area (Å²) in [6, 6.07) is 4.19. The van der Waals surface area contributed by atoms with Crippen LogP contribution in [0.2, 0.25) is 0 Å². The number of nitrogens with zero attached hydrogens (tertiary/aromatic N) is 3. The lowest BCUT2D eigenvalue weighted by Gasteiger charge is -2.41. The van der Waals surface area contributed by atoms with Crippen LogP contribution in [-0.4, -0.2) is 58.2 Å². The number of aliphatic hydroxyl groups is 1. The van der Waals surface area contributed by atoms with Crippen LogP contribution < -0.4 is 0 Å². The standard InChI is InChI=1S/C17H27N3O/c21-17(6-2-1-3-7-17)15-20-12-10-19(11-13-20)14-16-4-8-18-9-5-16/h4-5,8-9,21H,1-3,6-7,10-15H2. The van der Waals surface area contributed by atoms with Gasteiger partial charge in [-0.1, -0.05) is 19.3 Å². The smallest absolute Gasteiger partial charge is 0.0774 e. The summed E-state index contributed by atoms with van der Waals surface area (Å²) < 4.78 is 0. The Morgan fingerprint density at radius 3 is 2.24 bits per heavy atom. The zero-order valence-electron chi connectivity index (χ0n) is 12.9. The molecule has 1 N–H and O–H groups in total. The number of β-amino-alcohol motifs (C(OH)–C–C–N with tert-alkyl or cyclic N) is 1. The highest BCUT2D eigenvalue weighted by molar-refractivity contribution is 5.09. The van der Waals surface area contributed by atoms with Crippen LogP contribution in [0.5, 0.6) is 0 Å². The highest BCUT2D eigenvalue weighted by Gasteiger charge is 2.32. The zero-order chi connectivity index (χ0) is 14.5. The number of rotatable bonds is 4. The molecular weight excluding hydrogens is 262 g/mol. The second-order valence-corrected chi connectivity index (χ2v) is 6.69. The fraction of sp³-hybridized carbons (Fsp3) is 0.706. The lowest BCUT2D eigenvalue weighted by Crippen LogP contribution is -2.52. The molecule has 0 aromatic carbocycles. The van der Waals surface area contributed by atoms with Crippen LogP contribution in [0.3, 0.4) is 0 Å². The van der Waals surface area contributed by atoms with E-state index in [1.807, 2.05) is 12.4 Å². The molecule has 1 aliphatic carbocycles. The summed E-state index contributed by atoms with van der Waals surface area (Å²) >= 11 is 0. The molecule has 2 heterocycles. The van der Waals surface area contributed by atoms with Crippen LogP contribution in [0.15, 0.2) is 24.5 Å². The summed E-state index contributed by atoms with van der Waals surface area (Å²) in [7, 11) is 0. The molecule has 4 heteroatoms. The van der Waals surface area contributed by atoms with Gasteiger partial charge in [0.05, 0.1) is 5.60 Å². The maximum Gasteiger partial charge on any atom is 0.0774 e. The minimum atomic E-state index is -0.411. The van der Waals surface area contributed by atoms with Crippen molar-refractivity contribution < 1.29 is 5.11 Å². The molecule has 0 atom stereocenters. The monoisotopic (exact) mass is 289 g/mol. The molecule has 21 heavy (non-hydrogen) atoms. The molecule has 0 bridgehead atoms. The maximum absolute atomic E-state index is 10.7. The molecule has 1 aliphatic heterocycles. The summed E-state index contributed by atoms with van der Waals surface area (Å²) in [4.78, 5) is 9.02. The van der Waals surface area contributed by atoms with Gasteiger partial charge < -0.3 is 5.11 Å². The van der Waals surface area contributed by atoms with E-state index in [2.05, 4.69) is 26.9 Å². The van der Waals surface area contributed by atoms with Gasteiger partial charge in [-0.05, 0) is 30.5 Å². The Morgan fingerprint density at radius 1 is 0.952 bits per heavy atom. The summed E-state index contributed by atoms with van der Waals surface area (Å²) in [5.74, 6) is 0. The number of aromatic nitrogens is 1. The van der Waals surface area contributed by atoms with Gasteiger partial charge in [0.25, 0.3) is 0 Å². The second-order valence-electron chi connectivity index (χ2n) is 6.69. The van der Waals surface area contributed by atoms with E-state index in [4.69, 9.17) is 0 Å². The Bertz CT molecular complexity index is 423. The largest absolute Gasteiger partial charge is 0.389 e. The van der Waals surface area contributed by atoms with Crippen molar-refractivity contribution >= 4 is 0 Å². The van der Waals surface area contributed by atoms with Gasteiger partial charge in [-0.2, -0.15) is 0 Å². The van der Waals surface area contributed by atoms with E-state index in [9.17, 15) is 5.11 Å². The van der Waals surface area contributed by atoms with Crippen molar-refractivity contribution in [2.45, 2.75) is 44.2 Å². The maximum atomic E-state index is 10.7. The van der Waals surface area contributed by atoms with E-state index in [0.717, 1.165) is 52.1 Å². The van der Waals surface area contributed by atoms with Crippen molar-refractivity contribution in [1.29, 1.82) is 0 Å². The van der Waals surface area contributed by atoms with E-state index in [-0.39, 0.29) is 0 Å². The molecule has 1 aromatic heterocycles. The molecule has 0 spiro atoms. The first-order valence-corrected chi connectivity index (χ1v) is 8.30. The number of hydrogen-bond donors (Lipinski definition) is 1. The lowest BCUT2D eigenvalue weighted by atomic mass is 9.84. The van der Waals surface area contributed by atoms with E-state index >= 15 is 0 Å². The third-order valence-corrected chi connectivity index (χ3v) is 4.92. The van der Waals surface area contributed by atoms with Crippen LogP contribution in [-0.2, 0) is 6.54 Å². The van der Waals surface area contributed by atoms with E-state index in [1.165, 1.54) is 24.8 Å². The molecule has 1 aromatic rings. The molecule has 3 rings (SSSR count). The van der Waals surface area contributed by atoms with Gasteiger partial charge in [0.15, 0.2) is 0 Å². The number of hydrogen-bond acceptors (Lipinski definition) is 4. The van der Waals surface area contributed by atoms with Crippen LogP contribution >= 0.6 is 0 Å². The quantitative estimate of drug-likeness (QED) is 0.919. The first kappa shape index (κ1) is 14.9. The molecule has 0 amide bonds. The molecule has 0 unspecified atom stereocenters. The molecule has 116 valence electrons. The SMILES string of the molecule is OC1(CN2CCN(Cc3ccncc3)CC2)CCCCC1. The van der Waals surface area contributed by atoms with Crippen molar-refractivity contribution in [3.63, 3.8) is 0 Å². The van der Waals surface area contributed by atoms with Crippen LogP contribution in [0.1, 0.15) is 37.7 Å². The Labute approximate surface area is 127 Å². The van der Waals surface area contributed by atoms with Crippen LogP contribution in [0.4, 0.5) is 0 Å². The summed E-state index contributed by atoms with van der Waals surface area (Å²) in [6.07, 6.45) is 9.39. The molecule has 1 saturated carbocycles. The average molecular weight is 289 g/mol. The third-order valence-electron chi connectivity index (χ3n) is 4.92. The topological polar surface area (TPSA) is 39.6 Å². The van der Waals surface area contributed by atoms with E-state index in [0.29, 0.717) is 0 Å². The van der Waals surface area contributed by atoms with E-state index < -0.39 is 5.60 Å². The predicted octanol–water partition coefficient (Wildman–Crippen LogP) is 1.89. The Balaban J connectivity index is 1.44. The van der Waals surface area contributed by atoms with Gasteiger partial charge in [0, 0.05) is 51.7 Å². The predicted molar refractivity (Wildman–Crippen MR) is 84.0 cm³/mol. The van der Waals surface area contributed by atoms with E-state index in [1.54, 1.807) is 0 Å². The minimum absolute atomic E-state index is 0.411. The fourth-order valence-electron chi connectivity index (χ4n) is 3.64. The van der Waals surface area contributed by atoms with Crippen molar-refractivity contribution in [3.05, 3.63) is 30.1 Å². The Hall–Kier alpha value is -0.970. The molecular formula is C17H27N3O. The van der Waals surface area contributed by atoms with Crippen molar-refractivity contribution in [1.82, 2.24) is 14.8 Å². The average Bonchev–Trinajstić information content (AvgIpc) is 2.51. The Kier molecular flexibility index (Phi) is 4.88. The van der Waals surface area contributed by atoms with Gasteiger partial charge in [0.1, 0.15) is 0 Å². The molecule has 4 nitrogen and oxygen atoms in total. The highest BCUT2D eigenvalue weighted by Crippen LogP contribution is 2.29. The third kappa shape index (κ3) is 4.25. The summed E-state index contributed by atoms with van der Waals surface area (Å²) in [6.45, 7) is 6.23. The van der Waals surface area contributed by atoms with Gasteiger partial charge in [-0.3, -0.25) is 14.8 Å². The minimum Gasteiger partial charge on any atom is -0.389 e. The highest BCUT2D eigenvalue weighted by atomic mass is 16.3. The van der Waals surface area contributed by atoms with Gasteiger partial charge in [-0.15, -0.1) is 0 Å². The first-order valence-electron chi connectivity index (χ1n) is 8.30. The normalized spacial score (nSPS) is 24.0. The fourth-order valence-corrected chi connectivity index (χ4v) is 3.64. The van der Waals surface area contributed by atoms with Crippen molar-refractivity contribution in [2.75, 3.05) is 32.7 Å². The van der Waals surface area contributed by atoms with Crippen molar-refractivity contribution in [2.24, 2.45) is 0 Å². The summed E-state index contributed by atoms with van der Waals surface area (Å²) in [5, 5.41) is 10.7.